The van der Waals surface area contributed by atoms with E-state index in [0.29, 0.717) is 10.9 Å². The van der Waals surface area contributed by atoms with Gasteiger partial charge in [-0.25, -0.2) is 9.59 Å². The Balaban J connectivity index is 1.95. The van der Waals surface area contributed by atoms with Crippen LogP contribution in [0.25, 0.3) is 11.0 Å². The number of carbonyl (C=O) groups excluding carboxylic acids is 2. The van der Waals surface area contributed by atoms with E-state index in [1.807, 2.05) is 0 Å². The van der Waals surface area contributed by atoms with Crippen molar-refractivity contribution >= 4 is 28.7 Å². The summed E-state index contributed by atoms with van der Waals surface area (Å²) in [6, 6.07) is 4.72. The van der Waals surface area contributed by atoms with Crippen molar-refractivity contribution in [1.29, 1.82) is 0 Å². The first-order chi connectivity index (χ1) is 14.9. The van der Waals surface area contributed by atoms with Crippen LogP contribution in [0.5, 0.6) is 5.75 Å². The number of carbonyl (C=O) groups is 2. The van der Waals surface area contributed by atoms with Crippen LogP contribution in [0.2, 0.25) is 0 Å². The van der Waals surface area contributed by atoms with E-state index in [1.54, 1.807) is 32.9 Å². The van der Waals surface area contributed by atoms with Crippen LogP contribution in [0.3, 0.4) is 0 Å². The first-order valence-electron chi connectivity index (χ1n) is 9.81. The molecule has 174 valence electrons. The molecule has 1 fully saturated rings. The monoisotopic (exact) mass is 450 g/mol. The van der Waals surface area contributed by atoms with E-state index in [-0.39, 0.29) is 17.0 Å². The Kier molecular flexibility index (Phi) is 6.44. The Labute approximate surface area is 183 Å². The molecule has 2 aromatic rings. The number of hydrogen-bond donors (Lipinski definition) is 3. The number of amides is 2. The molecule has 4 atom stereocenters. The molecule has 2 amide bonds. The van der Waals surface area contributed by atoms with Crippen molar-refractivity contribution in [1.82, 2.24) is 0 Å². The van der Waals surface area contributed by atoms with Crippen molar-refractivity contribution in [3.05, 3.63) is 34.2 Å². The summed E-state index contributed by atoms with van der Waals surface area (Å²) in [6.07, 6.45) is -5.71. The van der Waals surface area contributed by atoms with E-state index >= 15 is 0 Å². The Morgan fingerprint density at radius 3 is 2.56 bits per heavy atom. The lowest BCUT2D eigenvalue weighted by Gasteiger charge is -2.47. The van der Waals surface area contributed by atoms with Gasteiger partial charge in [0.15, 0.2) is 12.2 Å². The molecule has 1 aromatic carbocycles. The minimum Gasteiger partial charge on any atom is -0.462 e. The Bertz CT molecular complexity index is 1090. The number of hydrogen-bond acceptors (Lipinski definition) is 9. The molecule has 1 saturated heterocycles. The molecule has 1 aromatic heterocycles. The van der Waals surface area contributed by atoms with Gasteiger partial charge in [-0.3, -0.25) is 4.79 Å². The van der Waals surface area contributed by atoms with Crippen LogP contribution in [0, 0.1) is 6.92 Å². The van der Waals surface area contributed by atoms with Gasteiger partial charge in [0.1, 0.15) is 23.1 Å². The largest absolute Gasteiger partial charge is 0.462 e. The predicted octanol–water partition coefficient (Wildman–Crippen LogP) is 1.41. The highest BCUT2D eigenvalue weighted by Crippen LogP contribution is 2.36. The fraction of sp³-hybridized carbons (Fsp3) is 0.476. The quantitative estimate of drug-likeness (QED) is 0.572. The summed E-state index contributed by atoms with van der Waals surface area (Å²) >= 11 is 0. The highest BCUT2D eigenvalue weighted by atomic mass is 16.7. The Morgan fingerprint density at radius 1 is 1.28 bits per heavy atom. The van der Waals surface area contributed by atoms with Crippen molar-refractivity contribution in [2.45, 2.75) is 57.9 Å². The number of aliphatic hydroxyl groups excluding tert-OH is 1. The fourth-order valence-corrected chi connectivity index (χ4v) is 3.78. The number of nitrogens with one attached hydrogen (secondary N) is 1. The molecule has 0 saturated carbocycles. The second-order valence-corrected chi connectivity index (χ2v) is 7.99. The standard InChI is InChI=1S/C21H26N2O9/c1-9-13(7-6-11-8-12(23-10(2)24)18(26)30-15(9)11)29-19-14(25)16(31-20(22)27)17(28-5)21(3,4)32-19/h6-8,14,16-17,19,25H,1-5H3,(H2,22,27)(H,23,24)/t14-,16-,17+,19?/m0/s1. The number of anilines is 1. The van der Waals surface area contributed by atoms with Crippen molar-refractivity contribution in [2.24, 2.45) is 5.73 Å². The summed E-state index contributed by atoms with van der Waals surface area (Å²) < 4.78 is 27.6. The van der Waals surface area contributed by atoms with Gasteiger partial charge in [0.05, 0.1) is 5.60 Å². The minimum absolute atomic E-state index is 0.0166. The molecule has 1 aliphatic heterocycles. The van der Waals surface area contributed by atoms with Crippen LogP contribution >= 0.6 is 0 Å². The average Bonchev–Trinajstić information content (AvgIpc) is 2.68. The smallest absolute Gasteiger partial charge is 0.404 e. The van der Waals surface area contributed by atoms with Gasteiger partial charge in [0.25, 0.3) is 0 Å². The Morgan fingerprint density at radius 2 is 1.97 bits per heavy atom. The van der Waals surface area contributed by atoms with Gasteiger partial charge in [-0.05, 0) is 39.0 Å². The average molecular weight is 450 g/mol. The Hall–Kier alpha value is -3.15. The second-order valence-electron chi connectivity index (χ2n) is 7.99. The molecule has 11 heteroatoms. The highest BCUT2D eigenvalue weighted by Gasteiger charge is 2.53. The summed E-state index contributed by atoms with van der Waals surface area (Å²) in [6.45, 7) is 6.33. The molecule has 2 heterocycles. The number of fused-ring (bicyclic) bond motifs is 1. The van der Waals surface area contributed by atoms with Crippen molar-refractivity contribution in [3.63, 3.8) is 0 Å². The molecule has 32 heavy (non-hydrogen) atoms. The van der Waals surface area contributed by atoms with Crippen LogP contribution < -0.4 is 21.4 Å². The summed E-state index contributed by atoms with van der Waals surface area (Å²) in [4.78, 5) is 34.8. The number of methoxy groups -OCH3 is 1. The fourth-order valence-electron chi connectivity index (χ4n) is 3.78. The number of aryl methyl sites for hydroxylation is 1. The van der Waals surface area contributed by atoms with Crippen molar-refractivity contribution < 1.29 is 38.1 Å². The lowest BCUT2D eigenvalue weighted by molar-refractivity contribution is -0.304. The first kappa shape index (κ1) is 23.5. The molecule has 0 aliphatic carbocycles. The molecule has 1 aliphatic rings. The predicted molar refractivity (Wildman–Crippen MR) is 112 cm³/mol. The number of benzene rings is 1. The van der Waals surface area contributed by atoms with Gasteiger partial charge >= 0.3 is 11.7 Å². The number of rotatable bonds is 5. The molecule has 0 bridgehead atoms. The van der Waals surface area contributed by atoms with Gasteiger partial charge in [-0.15, -0.1) is 0 Å². The van der Waals surface area contributed by atoms with Crippen LogP contribution in [-0.2, 0) is 19.0 Å². The summed E-state index contributed by atoms with van der Waals surface area (Å²) in [5, 5.41) is 13.7. The maximum Gasteiger partial charge on any atom is 0.404 e. The van der Waals surface area contributed by atoms with Crippen molar-refractivity contribution in [2.75, 3.05) is 12.4 Å². The summed E-state index contributed by atoms with van der Waals surface area (Å²) in [5.74, 6) is -0.136. The summed E-state index contributed by atoms with van der Waals surface area (Å²) in [5.41, 5.74) is 4.14. The number of nitrogens with two attached hydrogens (primary N) is 1. The van der Waals surface area contributed by atoms with Gasteiger partial charge in [-0.1, -0.05) is 0 Å². The third-order valence-electron chi connectivity index (χ3n) is 5.18. The zero-order chi connectivity index (χ0) is 23.8. The van der Waals surface area contributed by atoms with E-state index in [4.69, 9.17) is 29.1 Å². The lowest BCUT2D eigenvalue weighted by Crippen LogP contribution is -2.65. The molecule has 1 unspecified atom stereocenters. The highest BCUT2D eigenvalue weighted by molar-refractivity contribution is 5.91. The lowest BCUT2D eigenvalue weighted by atomic mass is 9.89. The third-order valence-corrected chi connectivity index (χ3v) is 5.18. The van der Waals surface area contributed by atoms with Gasteiger partial charge in [0.2, 0.25) is 12.2 Å². The molecule has 3 rings (SSSR count). The summed E-state index contributed by atoms with van der Waals surface area (Å²) in [7, 11) is 1.39. The molecule has 0 radical (unpaired) electrons. The van der Waals surface area contributed by atoms with Gasteiger partial charge in [-0.2, -0.15) is 0 Å². The molecule has 11 nitrogen and oxygen atoms in total. The van der Waals surface area contributed by atoms with E-state index in [9.17, 15) is 19.5 Å². The maximum atomic E-state index is 12.2. The van der Waals surface area contributed by atoms with Crippen LogP contribution in [0.1, 0.15) is 26.3 Å². The first-order valence-corrected chi connectivity index (χ1v) is 9.81. The molecule has 0 spiro atoms. The van der Waals surface area contributed by atoms with Crippen LogP contribution in [0.4, 0.5) is 10.5 Å². The maximum absolute atomic E-state index is 12.2. The number of ether oxygens (including phenoxy) is 4. The van der Waals surface area contributed by atoms with Gasteiger partial charge in [0, 0.05) is 25.0 Å². The van der Waals surface area contributed by atoms with E-state index in [0.717, 1.165) is 0 Å². The topological polar surface area (TPSA) is 160 Å². The zero-order valence-corrected chi connectivity index (χ0v) is 18.3. The van der Waals surface area contributed by atoms with Crippen LogP contribution in [0.15, 0.2) is 27.4 Å². The third kappa shape index (κ3) is 4.54. The molecule has 4 N–H and O–H groups in total. The van der Waals surface area contributed by atoms with E-state index in [1.165, 1.54) is 20.1 Å². The second kappa shape index (κ2) is 8.77. The van der Waals surface area contributed by atoms with Gasteiger partial charge < -0.3 is 39.5 Å². The molecular weight excluding hydrogens is 424 g/mol. The number of aliphatic hydroxyl groups is 1. The minimum atomic E-state index is -1.43. The van der Waals surface area contributed by atoms with E-state index < -0.39 is 47.8 Å². The van der Waals surface area contributed by atoms with E-state index in [2.05, 4.69) is 5.32 Å². The zero-order valence-electron chi connectivity index (χ0n) is 18.3. The SMILES string of the molecule is CO[C@@H]1[C@@H](OC(N)=O)[C@H](O)C(Oc2ccc3cc(NC(C)=O)c(=O)oc3c2C)OC1(C)C. The normalized spacial score (nSPS) is 24.7. The van der Waals surface area contributed by atoms with Crippen molar-refractivity contribution in [3.8, 4) is 5.75 Å². The number of primary amides is 1. The van der Waals surface area contributed by atoms with Crippen LogP contribution in [-0.4, -0.2) is 54.4 Å². The molecular formula is C21H26N2O9.